The van der Waals surface area contributed by atoms with E-state index in [0.29, 0.717) is 23.9 Å². The third-order valence-corrected chi connectivity index (χ3v) is 5.00. The molecule has 5 N–H and O–H groups in total. The largest absolute Gasteiger partial charge is 0.508 e. The van der Waals surface area contributed by atoms with Crippen LogP contribution in [0.2, 0.25) is 0 Å². The molecule has 7 nitrogen and oxygen atoms in total. The smallest absolute Gasteiger partial charge is 0.229 e. The monoisotopic (exact) mass is 340 g/mol. The fourth-order valence-corrected chi connectivity index (χ4v) is 3.82. The molecule has 25 heavy (non-hydrogen) atoms. The van der Waals surface area contributed by atoms with Crippen molar-refractivity contribution >= 4 is 17.5 Å². The minimum atomic E-state index is 0.210. The van der Waals surface area contributed by atoms with E-state index in [4.69, 9.17) is 0 Å². The number of aryl methyl sites for hydroxylation is 1. The molecule has 1 saturated heterocycles. The Morgan fingerprint density at radius 2 is 2.12 bits per heavy atom. The van der Waals surface area contributed by atoms with Gasteiger partial charge in [0.05, 0.1) is 0 Å². The first-order valence-corrected chi connectivity index (χ1v) is 8.84. The van der Waals surface area contributed by atoms with Crippen LogP contribution in [0.4, 0.5) is 17.5 Å². The molecular weight excluding hydrogens is 316 g/mol. The average Bonchev–Trinajstić information content (AvgIpc) is 3.16. The minimum absolute atomic E-state index is 0.210. The molecule has 4 rings (SSSR count). The molecule has 132 valence electrons. The number of anilines is 3. The molecule has 1 aliphatic carbocycles. The maximum atomic E-state index is 9.57. The molecule has 2 heterocycles. The van der Waals surface area contributed by atoms with Gasteiger partial charge in [-0.3, -0.25) is 10.9 Å². The van der Waals surface area contributed by atoms with Crippen molar-refractivity contribution in [3.63, 3.8) is 0 Å². The molecule has 3 atom stereocenters. The second kappa shape index (κ2) is 6.85. The summed E-state index contributed by atoms with van der Waals surface area (Å²) in [5, 5.41) is 16.1. The molecule has 2 aliphatic rings. The van der Waals surface area contributed by atoms with Crippen molar-refractivity contribution in [1.29, 1.82) is 0 Å². The summed E-state index contributed by atoms with van der Waals surface area (Å²) in [6.45, 7) is 2.78. The van der Waals surface area contributed by atoms with Crippen LogP contribution in [0.15, 0.2) is 30.3 Å². The number of hydrazine groups is 1. The average molecular weight is 340 g/mol. The van der Waals surface area contributed by atoms with E-state index in [-0.39, 0.29) is 5.75 Å². The summed E-state index contributed by atoms with van der Waals surface area (Å²) in [7, 11) is 0. The van der Waals surface area contributed by atoms with Crippen LogP contribution < -0.4 is 21.5 Å². The molecular formula is C18H24N6O. The van der Waals surface area contributed by atoms with Gasteiger partial charge in [-0.2, -0.15) is 4.98 Å². The van der Waals surface area contributed by atoms with Gasteiger partial charge in [0, 0.05) is 42.1 Å². The lowest BCUT2D eigenvalue weighted by atomic mass is 9.97. The zero-order chi connectivity index (χ0) is 17.2. The Kier molecular flexibility index (Phi) is 4.42. The second-order valence-electron chi connectivity index (χ2n) is 6.87. The summed E-state index contributed by atoms with van der Waals surface area (Å²) in [6, 6.07) is 9.91. The van der Waals surface area contributed by atoms with Crippen molar-refractivity contribution in [3.8, 4) is 5.75 Å². The van der Waals surface area contributed by atoms with Gasteiger partial charge in [0.2, 0.25) is 5.95 Å². The Balaban J connectivity index is 1.42. The number of nitrogens with one attached hydrogen (secondary N) is 4. The van der Waals surface area contributed by atoms with E-state index in [9.17, 15) is 5.11 Å². The molecule has 1 saturated carbocycles. The first-order valence-electron chi connectivity index (χ1n) is 8.84. The van der Waals surface area contributed by atoms with Crippen molar-refractivity contribution in [1.82, 2.24) is 20.8 Å². The summed E-state index contributed by atoms with van der Waals surface area (Å²) in [6.07, 6.45) is 3.86. The lowest BCUT2D eigenvalue weighted by Crippen LogP contribution is -2.38. The number of benzene rings is 1. The Hall–Kier alpha value is -2.38. The molecule has 3 unspecified atom stereocenters. The van der Waals surface area contributed by atoms with Crippen LogP contribution >= 0.6 is 0 Å². The number of aromatic nitrogens is 2. The molecule has 0 amide bonds. The summed E-state index contributed by atoms with van der Waals surface area (Å²) >= 11 is 0. The molecule has 0 spiro atoms. The zero-order valence-electron chi connectivity index (χ0n) is 14.3. The first kappa shape index (κ1) is 16.1. The quantitative estimate of drug-likeness (QED) is 0.570. The zero-order valence-corrected chi connectivity index (χ0v) is 14.3. The Morgan fingerprint density at radius 3 is 3.00 bits per heavy atom. The van der Waals surface area contributed by atoms with Gasteiger partial charge in [-0.15, -0.1) is 0 Å². The summed E-state index contributed by atoms with van der Waals surface area (Å²) in [4.78, 5) is 8.96. The maximum absolute atomic E-state index is 9.57. The van der Waals surface area contributed by atoms with Crippen molar-refractivity contribution in [3.05, 3.63) is 36.0 Å². The number of hydrogen-bond donors (Lipinski definition) is 5. The molecule has 2 fully saturated rings. The third-order valence-electron chi connectivity index (χ3n) is 5.00. The van der Waals surface area contributed by atoms with Gasteiger partial charge < -0.3 is 15.7 Å². The van der Waals surface area contributed by atoms with Crippen LogP contribution in [-0.2, 0) is 0 Å². The normalized spacial score (nSPS) is 24.9. The lowest BCUT2D eigenvalue weighted by Gasteiger charge is -2.18. The predicted octanol–water partition coefficient (Wildman–Crippen LogP) is 2.29. The Labute approximate surface area is 147 Å². The van der Waals surface area contributed by atoms with E-state index >= 15 is 0 Å². The van der Waals surface area contributed by atoms with Crippen molar-refractivity contribution in [2.45, 2.75) is 38.3 Å². The topological polar surface area (TPSA) is 94.1 Å². The van der Waals surface area contributed by atoms with Crippen LogP contribution in [0.25, 0.3) is 0 Å². The van der Waals surface area contributed by atoms with Crippen LogP contribution in [0.1, 0.15) is 25.0 Å². The minimum Gasteiger partial charge on any atom is -0.508 e. The highest BCUT2D eigenvalue weighted by atomic mass is 16.3. The van der Waals surface area contributed by atoms with Gasteiger partial charge in [0.1, 0.15) is 11.6 Å². The van der Waals surface area contributed by atoms with E-state index in [1.165, 1.54) is 19.3 Å². The third kappa shape index (κ3) is 3.67. The summed E-state index contributed by atoms with van der Waals surface area (Å²) in [5.74, 6) is 2.23. The van der Waals surface area contributed by atoms with Gasteiger partial charge in [-0.05, 0) is 37.8 Å². The van der Waals surface area contributed by atoms with E-state index in [0.717, 1.165) is 23.7 Å². The fraction of sp³-hybridized carbons (Fsp3) is 0.444. The molecule has 0 bridgehead atoms. The highest BCUT2D eigenvalue weighted by Crippen LogP contribution is 2.31. The van der Waals surface area contributed by atoms with Gasteiger partial charge >= 0.3 is 0 Å². The highest BCUT2D eigenvalue weighted by Gasteiger charge is 2.38. The summed E-state index contributed by atoms with van der Waals surface area (Å²) < 4.78 is 0. The van der Waals surface area contributed by atoms with Crippen LogP contribution in [0.5, 0.6) is 5.75 Å². The molecule has 1 aliphatic heterocycles. The number of phenolic OH excluding ortho intramolecular Hbond substituents is 1. The summed E-state index contributed by atoms with van der Waals surface area (Å²) in [5.41, 5.74) is 8.45. The number of aromatic hydroxyl groups is 1. The van der Waals surface area contributed by atoms with Gasteiger partial charge in [0.25, 0.3) is 0 Å². The van der Waals surface area contributed by atoms with Crippen LogP contribution in [0.3, 0.4) is 0 Å². The lowest BCUT2D eigenvalue weighted by molar-refractivity contribution is 0.460. The molecule has 7 heteroatoms. The first-order chi connectivity index (χ1) is 12.2. The van der Waals surface area contributed by atoms with Crippen LogP contribution in [-0.4, -0.2) is 33.7 Å². The standard InChI is InChI=1S/C18H24N6O/c1-11-8-17(19-10-16-14-6-3-7-15(14)23-24-16)22-18(20-11)21-12-4-2-5-13(25)9-12/h2,4-5,8-9,14-16,23-25H,3,6-7,10H2,1H3,(H2,19,20,21,22). The van der Waals surface area contributed by atoms with E-state index < -0.39 is 0 Å². The van der Waals surface area contributed by atoms with E-state index in [1.54, 1.807) is 18.2 Å². The van der Waals surface area contributed by atoms with Crippen molar-refractivity contribution in [2.24, 2.45) is 5.92 Å². The SMILES string of the molecule is Cc1cc(NCC2NNC3CCCC32)nc(Nc2cccc(O)c2)n1. The molecule has 0 radical (unpaired) electrons. The van der Waals surface area contributed by atoms with E-state index in [1.807, 2.05) is 19.1 Å². The second-order valence-corrected chi connectivity index (χ2v) is 6.87. The highest BCUT2D eigenvalue weighted by molar-refractivity contribution is 5.57. The fourth-order valence-electron chi connectivity index (χ4n) is 3.82. The van der Waals surface area contributed by atoms with Gasteiger partial charge in [-0.1, -0.05) is 12.5 Å². The molecule has 1 aromatic carbocycles. The molecule has 2 aromatic rings. The predicted molar refractivity (Wildman–Crippen MR) is 97.8 cm³/mol. The number of fused-ring (bicyclic) bond motifs is 1. The van der Waals surface area contributed by atoms with Crippen LogP contribution in [0, 0.1) is 12.8 Å². The number of hydrogen-bond acceptors (Lipinski definition) is 7. The number of nitrogens with zero attached hydrogens (tertiary/aromatic N) is 2. The molecule has 1 aromatic heterocycles. The number of rotatable bonds is 5. The van der Waals surface area contributed by atoms with Gasteiger partial charge in [-0.25, -0.2) is 4.98 Å². The van der Waals surface area contributed by atoms with Crippen molar-refractivity contribution < 1.29 is 5.11 Å². The van der Waals surface area contributed by atoms with Gasteiger partial charge in [0.15, 0.2) is 0 Å². The maximum Gasteiger partial charge on any atom is 0.229 e. The van der Waals surface area contributed by atoms with Crippen molar-refractivity contribution in [2.75, 3.05) is 17.2 Å². The Morgan fingerprint density at radius 1 is 1.20 bits per heavy atom. The van der Waals surface area contributed by atoms with E-state index in [2.05, 4.69) is 31.5 Å². The Bertz CT molecular complexity index is 752. The number of phenols is 1.